The maximum Gasteiger partial charge on any atom is 0.172 e. The number of hydrogen-bond donors (Lipinski definition) is 1. The van der Waals surface area contributed by atoms with Gasteiger partial charge in [0.15, 0.2) is 23.1 Å². The number of nitrogens with zero attached hydrogens (tertiary/aromatic N) is 1. The highest BCUT2D eigenvalue weighted by atomic mass is 32.2. The quantitative estimate of drug-likeness (QED) is 0.218. The number of carbonyl (C=O) groups excluding carboxylic acids is 1. The molecule has 37 heavy (non-hydrogen) atoms. The van der Waals surface area contributed by atoms with Crippen molar-refractivity contribution >= 4 is 28.0 Å². The Balaban J connectivity index is 1.52. The van der Waals surface area contributed by atoms with Gasteiger partial charge in [0.1, 0.15) is 12.0 Å². The van der Waals surface area contributed by atoms with E-state index in [1.807, 2.05) is 24.3 Å². The van der Waals surface area contributed by atoms with Gasteiger partial charge in [-0.3, -0.25) is 9.19 Å². The number of para-hydroxylation sites is 1. The number of carbonyl (C=O) groups is 1. The SMILES string of the molecule is CS(=O)c1ccc(Oc2cc3cc(-c4ccc(CCC=O)cn4)[nH]c3cc2Oc2ccccc2F)cc1. The van der Waals surface area contributed by atoms with E-state index in [9.17, 15) is 13.4 Å². The Morgan fingerprint density at radius 1 is 0.946 bits per heavy atom. The molecule has 0 aliphatic rings. The Kier molecular flexibility index (Phi) is 7.09. The zero-order valence-electron chi connectivity index (χ0n) is 19.9. The summed E-state index contributed by atoms with van der Waals surface area (Å²) in [6.07, 6.45) is 5.38. The number of aryl methyl sites for hydroxylation is 1. The molecule has 0 radical (unpaired) electrons. The molecule has 8 heteroatoms. The first-order valence-corrected chi connectivity index (χ1v) is 13.2. The minimum atomic E-state index is -1.10. The summed E-state index contributed by atoms with van der Waals surface area (Å²) >= 11 is 0. The van der Waals surface area contributed by atoms with Gasteiger partial charge in [0.05, 0.1) is 11.4 Å². The number of fused-ring (bicyclic) bond motifs is 1. The first-order chi connectivity index (χ1) is 18.0. The van der Waals surface area contributed by atoms with Crippen molar-refractivity contribution in [3.05, 3.63) is 96.4 Å². The molecule has 2 aromatic heterocycles. The molecule has 0 amide bonds. The summed E-state index contributed by atoms with van der Waals surface area (Å²) in [6, 6.07) is 22.5. The average molecular weight is 515 g/mol. The van der Waals surface area contributed by atoms with Crippen molar-refractivity contribution in [3.63, 3.8) is 0 Å². The lowest BCUT2D eigenvalue weighted by molar-refractivity contribution is -0.107. The van der Waals surface area contributed by atoms with Crippen molar-refractivity contribution in [1.29, 1.82) is 0 Å². The number of aromatic nitrogens is 2. The topological polar surface area (TPSA) is 81.3 Å². The molecule has 5 aromatic rings. The van der Waals surface area contributed by atoms with Gasteiger partial charge in [-0.1, -0.05) is 18.2 Å². The minimum absolute atomic E-state index is 0.0720. The molecule has 5 rings (SSSR count). The fourth-order valence-corrected chi connectivity index (χ4v) is 4.39. The summed E-state index contributed by atoms with van der Waals surface area (Å²) in [5, 5.41) is 0.851. The molecule has 1 N–H and O–H groups in total. The van der Waals surface area contributed by atoms with Crippen LogP contribution in [0.3, 0.4) is 0 Å². The van der Waals surface area contributed by atoms with Crippen LogP contribution in [0.5, 0.6) is 23.0 Å². The van der Waals surface area contributed by atoms with Gasteiger partial charge in [0, 0.05) is 51.5 Å². The van der Waals surface area contributed by atoms with Crippen LogP contribution in [0.4, 0.5) is 4.39 Å². The first-order valence-electron chi connectivity index (χ1n) is 11.6. The number of nitrogens with one attached hydrogen (secondary N) is 1. The Labute approximate surface area is 215 Å². The molecule has 0 fully saturated rings. The fourth-order valence-electron chi connectivity index (χ4n) is 3.87. The lowest BCUT2D eigenvalue weighted by atomic mass is 10.1. The van der Waals surface area contributed by atoms with Crippen LogP contribution in [0.25, 0.3) is 22.3 Å². The molecule has 6 nitrogen and oxygen atoms in total. The van der Waals surface area contributed by atoms with Gasteiger partial charge in [-0.15, -0.1) is 0 Å². The van der Waals surface area contributed by atoms with Gasteiger partial charge in [0.2, 0.25) is 0 Å². The summed E-state index contributed by atoms with van der Waals surface area (Å²) < 4.78 is 38.2. The van der Waals surface area contributed by atoms with Crippen molar-refractivity contribution in [2.24, 2.45) is 0 Å². The van der Waals surface area contributed by atoms with E-state index in [2.05, 4.69) is 9.97 Å². The molecule has 0 aliphatic heterocycles. The van der Waals surface area contributed by atoms with Gasteiger partial charge in [-0.05, 0) is 66.6 Å². The predicted octanol–water partition coefficient (Wildman–Crippen LogP) is 6.82. The van der Waals surface area contributed by atoms with Crippen LogP contribution in [-0.2, 0) is 22.0 Å². The highest BCUT2D eigenvalue weighted by Crippen LogP contribution is 2.40. The van der Waals surface area contributed by atoms with Gasteiger partial charge in [-0.2, -0.15) is 0 Å². The van der Waals surface area contributed by atoms with Crippen LogP contribution >= 0.6 is 0 Å². The van der Waals surface area contributed by atoms with E-state index < -0.39 is 16.6 Å². The molecule has 0 saturated heterocycles. The number of benzene rings is 3. The third-order valence-electron chi connectivity index (χ3n) is 5.78. The molecule has 3 aromatic carbocycles. The van der Waals surface area contributed by atoms with E-state index in [0.29, 0.717) is 35.0 Å². The van der Waals surface area contributed by atoms with Gasteiger partial charge in [-0.25, -0.2) is 4.39 Å². The van der Waals surface area contributed by atoms with Crippen LogP contribution in [0.2, 0.25) is 0 Å². The normalized spacial score (nSPS) is 11.8. The summed E-state index contributed by atoms with van der Waals surface area (Å²) in [7, 11) is -1.10. The van der Waals surface area contributed by atoms with Crippen molar-refractivity contribution in [2.45, 2.75) is 17.7 Å². The standard InChI is InChI=1S/C29H23FN2O4S/c1-37(34)22-11-9-21(10-12-22)35-28-16-20-15-26(24-13-8-19(18-31-24)5-4-14-33)32-25(20)17-29(28)36-27-7-3-2-6-23(27)30/h2-3,6-18,32H,4-5H2,1H3. The van der Waals surface area contributed by atoms with Gasteiger partial charge in [0.25, 0.3) is 0 Å². The van der Waals surface area contributed by atoms with E-state index in [0.717, 1.165) is 34.1 Å². The third kappa shape index (κ3) is 5.59. The summed E-state index contributed by atoms with van der Waals surface area (Å²) in [4.78, 5) is 19.2. The first kappa shape index (κ1) is 24.4. The number of H-pyrrole nitrogens is 1. The largest absolute Gasteiger partial charge is 0.453 e. The summed E-state index contributed by atoms with van der Waals surface area (Å²) in [5.41, 5.74) is 3.28. The highest BCUT2D eigenvalue weighted by molar-refractivity contribution is 7.84. The summed E-state index contributed by atoms with van der Waals surface area (Å²) in [6.45, 7) is 0. The van der Waals surface area contributed by atoms with Gasteiger partial charge < -0.3 is 19.3 Å². The number of hydrogen-bond acceptors (Lipinski definition) is 5. The van der Waals surface area contributed by atoms with Crippen molar-refractivity contribution < 1.29 is 22.9 Å². The number of ether oxygens (including phenoxy) is 2. The number of pyridine rings is 1. The maximum atomic E-state index is 14.4. The van der Waals surface area contributed by atoms with Crippen LogP contribution in [-0.4, -0.2) is 26.7 Å². The van der Waals surface area contributed by atoms with E-state index in [4.69, 9.17) is 9.47 Å². The lowest BCUT2D eigenvalue weighted by Crippen LogP contribution is -1.93. The monoisotopic (exact) mass is 514 g/mol. The van der Waals surface area contributed by atoms with E-state index >= 15 is 0 Å². The Hall–Kier alpha value is -4.30. The molecule has 0 spiro atoms. The Bertz CT molecular complexity index is 1580. The summed E-state index contributed by atoms with van der Waals surface area (Å²) in [5.74, 6) is 0.822. The van der Waals surface area contributed by atoms with Gasteiger partial charge >= 0.3 is 0 Å². The van der Waals surface area contributed by atoms with Crippen molar-refractivity contribution in [1.82, 2.24) is 9.97 Å². The Morgan fingerprint density at radius 2 is 1.73 bits per heavy atom. The van der Waals surface area contributed by atoms with Crippen LogP contribution in [0.15, 0.2) is 90.0 Å². The zero-order chi connectivity index (χ0) is 25.8. The molecule has 0 bridgehead atoms. The number of rotatable bonds is 9. The zero-order valence-corrected chi connectivity index (χ0v) is 20.8. The highest BCUT2D eigenvalue weighted by Gasteiger charge is 2.15. The molecule has 186 valence electrons. The second-order valence-electron chi connectivity index (χ2n) is 8.39. The van der Waals surface area contributed by atoms with Crippen LogP contribution in [0.1, 0.15) is 12.0 Å². The lowest BCUT2D eigenvalue weighted by Gasteiger charge is -2.13. The predicted molar refractivity (Wildman–Crippen MR) is 141 cm³/mol. The maximum absolute atomic E-state index is 14.4. The van der Waals surface area contributed by atoms with E-state index in [-0.39, 0.29) is 5.75 Å². The van der Waals surface area contributed by atoms with Crippen LogP contribution in [0, 0.1) is 5.82 Å². The Morgan fingerprint density at radius 3 is 2.43 bits per heavy atom. The molecule has 1 atom stereocenters. The minimum Gasteiger partial charge on any atom is -0.453 e. The van der Waals surface area contributed by atoms with Crippen molar-refractivity contribution in [3.8, 4) is 34.4 Å². The second-order valence-corrected chi connectivity index (χ2v) is 9.77. The smallest absolute Gasteiger partial charge is 0.172 e. The number of aldehydes is 1. The van der Waals surface area contributed by atoms with E-state index in [1.165, 1.54) is 6.07 Å². The molecule has 0 saturated carbocycles. The molecule has 0 aliphatic carbocycles. The average Bonchev–Trinajstić information content (AvgIpc) is 3.32. The van der Waals surface area contributed by atoms with Crippen molar-refractivity contribution in [2.75, 3.05) is 6.26 Å². The third-order valence-corrected chi connectivity index (χ3v) is 6.71. The molecular formula is C29H23FN2O4S. The number of aromatic amines is 1. The second kappa shape index (κ2) is 10.8. The molecular weight excluding hydrogens is 491 g/mol. The molecule has 1 unspecified atom stereocenters. The van der Waals surface area contributed by atoms with Crippen LogP contribution < -0.4 is 9.47 Å². The number of halogens is 1. The van der Waals surface area contributed by atoms with E-state index in [1.54, 1.807) is 61.0 Å². The fraction of sp³-hybridized carbons (Fsp3) is 0.103. The molecule has 2 heterocycles.